The molecule has 198 valence electrons. The van der Waals surface area contributed by atoms with Crippen LogP contribution in [0.15, 0.2) is 0 Å². The third-order valence-corrected chi connectivity index (χ3v) is 9.11. The zero-order chi connectivity index (χ0) is 25.6. The van der Waals surface area contributed by atoms with Crippen LogP contribution < -0.4 is 0 Å². The first-order chi connectivity index (χ1) is 15.8. The fourth-order valence-electron chi connectivity index (χ4n) is 6.13. The normalized spacial score (nSPS) is 23.1. The quantitative estimate of drug-likeness (QED) is 0.280. The molecule has 2 aliphatic rings. The molecule has 0 radical (unpaired) electrons. The SMILES string of the molecule is CCC1(OC(=O)C(C)(C)CCC(C)C(C)(CC(C)C)C(=O)OC2(C)CCCCC2)CCCCC1. The zero-order valence-corrected chi connectivity index (χ0v) is 23.7. The van der Waals surface area contributed by atoms with Gasteiger partial charge in [0.05, 0.1) is 10.8 Å². The first-order valence-corrected chi connectivity index (χ1v) is 14.2. The number of rotatable bonds is 11. The van der Waals surface area contributed by atoms with Crippen molar-refractivity contribution in [3.63, 3.8) is 0 Å². The maximum Gasteiger partial charge on any atom is 0.312 e. The van der Waals surface area contributed by atoms with Gasteiger partial charge in [0.25, 0.3) is 0 Å². The monoisotopic (exact) mass is 478 g/mol. The number of carbonyl (C=O) groups excluding carboxylic acids is 2. The number of esters is 2. The minimum absolute atomic E-state index is 0.0503. The topological polar surface area (TPSA) is 52.6 Å². The Morgan fingerprint density at radius 2 is 1.35 bits per heavy atom. The van der Waals surface area contributed by atoms with Gasteiger partial charge in [-0.1, -0.05) is 40.5 Å². The van der Waals surface area contributed by atoms with E-state index in [1.54, 1.807) is 0 Å². The molecule has 0 N–H and O–H groups in total. The van der Waals surface area contributed by atoms with Crippen LogP contribution in [0.3, 0.4) is 0 Å². The van der Waals surface area contributed by atoms with E-state index in [9.17, 15) is 9.59 Å². The maximum absolute atomic E-state index is 13.6. The van der Waals surface area contributed by atoms with E-state index in [0.717, 1.165) is 70.6 Å². The summed E-state index contributed by atoms with van der Waals surface area (Å²) < 4.78 is 12.4. The second-order valence-corrected chi connectivity index (χ2v) is 13.2. The third-order valence-electron chi connectivity index (χ3n) is 9.11. The number of hydrogen-bond acceptors (Lipinski definition) is 4. The Morgan fingerprint density at radius 1 is 0.824 bits per heavy atom. The van der Waals surface area contributed by atoms with Crippen LogP contribution in [-0.2, 0) is 19.1 Å². The van der Waals surface area contributed by atoms with Crippen LogP contribution in [0.25, 0.3) is 0 Å². The van der Waals surface area contributed by atoms with Crippen molar-refractivity contribution in [2.24, 2.45) is 22.7 Å². The lowest BCUT2D eigenvalue weighted by atomic mass is 9.69. The molecule has 0 bridgehead atoms. The smallest absolute Gasteiger partial charge is 0.312 e. The van der Waals surface area contributed by atoms with Crippen LogP contribution >= 0.6 is 0 Å². The van der Waals surface area contributed by atoms with Crippen LogP contribution in [0.5, 0.6) is 0 Å². The van der Waals surface area contributed by atoms with Crippen molar-refractivity contribution < 1.29 is 19.1 Å². The fourth-order valence-corrected chi connectivity index (χ4v) is 6.13. The Labute approximate surface area is 210 Å². The summed E-state index contributed by atoms with van der Waals surface area (Å²) in [4.78, 5) is 26.9. The minimum atomic E-state index is -0.564. The molecule has 2 fully saturated rings. The van der Waals surface area contributed by atoms with E-state index in [2.05, 4.69) is 41.5 Å². The lowest BCUT2D eigenvalue weighted by molar-refractivity contribution is -0.178. The van der Waals surface area contributed by atoms with Crippen molar-refractivity contribution in [3.8, 4) is 0 Å². The first-order valence-electron chi connectivity index (χ1n) is 14.2. The van der Waals surface area contributed by atoms with E-state index in [1.807, 2.05) is 13.8 Å². The molecule has 4 nitrogen and oxygen atoms in total. The highest BCUT2D eigenvalue weighted by molar-refractivity contribution is 5.78. The molecule has 0 heterocycles. The molecule has 0 saturated heterocycles. The van der Waals surface area contributed by atoms with E-state index < -0.39 is 10.8 Å². The Bertz CT molecular complexity index is 667. The molecule has 2 atom stereocenters. The highest BCUT2D eigenvalue weighted by Gasteiger charge is 2.45. The molecule has 2 rings (SSSR count). The highest BCUT2D eigenvalue weighted by atomic mass is 16.6. The number of hydrogen-bond donors (Lipinski definition) is 0. The van der Waals surface area contributed by atoms with Crippen molar-refractivity contribution >= 4 is 11.9 Å². The van der Waals surface area contributed by atoms with Crippen molar-refractivity contribution in [2.75, 3.05) is 0 Å². The summed E-state index contributed by atoms with van der Waals surface area (Å²) in [6.07, 6.45) is 14.1. The number of carbonyl (C=O) groups is 2. The van der Waals surface area contributed by atoms with Gasteiger partial charge in [0.2, 0.25) is 0 Å². The van der Waals surface area contributed by atoms with Crippen molar-refractivity contribution in [1.82, 2.24) is 0 Å². The van der Waals surface area contributed by atoms with E-state index in [1.165, 1.54) is 12.8 Å². The molecular formula is C30H54O4. The van der Waals surface area contributed by atoms with E-state index in [0.29, 0.717) is 12.3 Å². The summed E-state index contributed by atoms with van der Waals surface area (Å²) in [6.45, 7) is 16.9. The summed E-state index contributed by atoms with van der Waals surface area (Å²) in [6, 6.07) is 0. The average molecular weight is 479 g/mol. The van der Waals surface area contributed by atoms with E-state index in [-0.39, 0.29) is 29.1 Å². The van der Waals surface area contributed by atoms with E-state index >= 15 is 0 Å². The Balaban J connectivity index is 2.06. The van der Waals surface area contributed by atoms with Gasteiger partial charge < -0.3 is 9.47 Å². The summed E-state index contributed by atoms with van der Waals surface area (Å²) in [5.41, 5.74) is -1.72. The van der Waals surface area contributed by atoms with Crippen LogP contribution in [0.1, 0.15) is 145 Å². The third kappa shape index (κ3) is 7.47. The van der Waals surface area contributed by atoms with Crippen LogP contribution in [-0.4, -0.2) is 23.1 Å². The van der Waals surface area contributed by atoms with Crippen molar-refractivity contribution in [2.45, 2.75) is 156 Å². The van der Waals surface area contributed by atoms with Crippen molar-refractivity contribution in [1.29, 1.82) is 0 Å². The molecule has 2 aliphatic carbocycles. The molecule has 4 heteroatoms. The molecule has 0 spiro atoms. The largest absolute Gasteiger partial charge is 0.459 e. The molecule has 0 aromatic rings. The molecule has 0 aromatic heterocycles. The summed E-state index contributed by atoms with van der Waals surface area (Å²) in [5, 5.41) is 0. The zero-order valence-electron chi connectivity index (χ0n) is 23.7. The molecule has 0 aliphatic heterocycles. The predicted molar refractivity (Wildman–Crippen MR) is 140 cm³/mol. The molecule has 2 unspecified atom stereocenters. The summed E-state index contributed by atoms with van der Waals surface area (Å²) in [7, 11) is 0. The van der Waals surface area contributed by atoms with Gasteiger partial charge >= 0.3 is 11.9 Å². The summed E-state index contributed by atoms with van der Waals surface area (Å²) in [5.74, 6) is 0.390. The van der Waals surface area contributed by atoms with Crippen LogP contribution in [0, 0.1) is 22.7 Å². The lowest BCUT2D eigenvalue weighted by Crippen LogP contribution is -2.44. The standard InChI is InChI=1S/C30H54O4/c1-9-30(19-14-11-15-20-30)34-25(31)27(5,6)21-16-24(4)29(8,22-23(2)3)26(32)33-28(7)17-12-10-13-18-28/h23-24H,9-22H2,1-8H3. The predicted octanol–water partition coefficient (Wildman–Crippen LogP) is 8.40. The molecule has 0 aromatic carbocycles. The van der Waals surface area contributed by atoms with Gasteiger partial charge in [-0.25, -0.2) is 0 Å². The molecule has 0 amide bonds. The van der Waals surface area contributed by atoms with Gasteiger partial charge in [-0.2, -0.15) is 0 Å². The van der Waals surface area contributed by atoms with Crippen LogP contribution in [0.4, 0.5) is 0 Å². The second kappa shape index (κ2) is 11.8. The van der Waals surface area contributed by atoms with Gasteiger partial charge in [-0.05, 0) is 117 Å². The highest BCUT2D eigenvalue weighted by Crippen LogP contribution is 2.44. The van der Waals surface area contributed by atoms with Crippen molar-refractivity contribution in [3.05, 3.63) is 0 Å². The van der Waals surface area contributed by atoms with Gasteiger partial charge in [0.15, 0.2) is 0 Å². The van der Waals surface area contributed by atoms with Gasteiger partial charge in [0.1, 0.15) is 11.2 Å². The Hall–Kier alpha value is -1.06. The maximum atomic E-state index is 13.6. The minimum Gasteiger partial charge on any atom is -0.459 e. The van der Waals surface area contributed by atoms with Gasteiger partial charge in [0, 0.05) is 0 Å². The van der Waals surface area contributed by atoms with Gasteiger partial charge in [-0.3, -0.25) is 9.59 Å². The molecule has 2 saturated carbocycles. The summed E-state index contributed by atoms with van der Waals surface area (Å²) >= 11 is 0. The number of ether oxygens (including phenoxy) is 2. The van der Waals surface area contributed by atoms with Crippen LogP contribution in [0.2, 0.25) is 0 Å². The second-order valence-electron chi connectivity index (χ2n) is 13.2. The first kappa shape index (κ1) is 29.2. The fraction of sp³-hybridized carbons (Fsp3) is 0.933. The lowest BCUT2D eigenvalue weighted by Gasteiger charge is -2.41. The Morgan fingerprint density at radius 3 is 1.85 bits per heavy atom. The Kier molecular flexibility index (Phi) is 10.1. The van der Waals surface area contributed by atoms with Gasteiger partial charge in [-0.15, -0.1) is 0 Å². The van der Waals surface area contributed by atoms with E-state index in [4.69, 9.17) is 9.47 Å². The molecule has 34 heavy (non-hydrogen) atoms. The molecular weight excluding hydrogens is 424 g/mol. The average Bonchev–Trinajstić information content (AvgIpc) is 2.77.